The van der Waals surface area contributed by atoms with Gasteiger partial charge in [-0.2, -0.15) is 0 Å². The first-order valence-corrected chi connectivity index (χ1v) is 7.65. The minimum Gasteiger partial charge on any atom is -0.481 e. The number of carboxylic acids is 1. The van der Waals surface area contributed by atoms with E-state index in [1.54, 1.807) is 0 Å². The quantitative estimate of drug-likeness (QED) is 0.822. The second-order valence-corrected chi connectivity index (χ2v) is 6.13. The summed E-state index contributed by atoms with van der Waals surface area (Å²) in [6, 6.07) is 0.265. The van der Waals surface area contributed by atoms with E-state index < -0.39 is 11.9 Å². The van der Waals surface area contributed by atoms with Gasteiger partial charge in [0.15, 0.2) is 0 Å². The van der Waals surface area contributed by atoms with Gasteiger partial charge in [0.25, 0.3) is 0 Å². The SMILES string of the molecule is CCC1CCCC(NC(=O)[C@@H]2CCC[C@@H]2C(=O)O)C1. The van der Waals surface area contributed by atoms with Crippen molar-refractivity contribution in [3.05, 3.63) is 0 Å². The second-order valence-electron chi connectivity index (χ2n) is 6.13. The van der Waals surface area contributed by atoms with Gasteiger partial charge in [0.05, 0.1) is 11.8 Å². The first-order valence-electron chi connectivity index (χ1n) is 7.65. The molecule has 19 heavy (non-hydrogen) atoms. The van der Waals surface area contributed by atoms with E-state index in [0.717, 1.165) is 31.6 Å². The lowest BCUT2D eigenvalue weighted by Crippen LogP contribution is -2.43. The van der Waals surface area contributed by atoms with Crippen molar-refractivity contribution in [1.29, 1.82) is 0 Å². The molecule has 0 radical (unpaired) electrons. The molecule has 2 saturated carbocycles. The number of aliphatic carboxylic acids is 1. The van der Waals surface area contributed by atoms with Crippen LogP contribution in [0.25, 0.3) is 0 Å². The van der Waals surface area contributed by atoms with Crippen molar-refractivity contribution in [3.8, 4) is 0 Å². The van der Waals surface area contributed by atoms with Crippen molar-refractivity contribution < 1.29 is 14.7 Å². The zero-order valence-electron chi connectivity index (χ0n) is 11.7. The van der Waals surface area contributed by atoms with Crippen LogP contribution in [0, 0.1) is 17.8 Å². The lowest BCUT2D eigenvalue weighted by atomic mass is 9.83. The molecule has 0 heterocycles. The fourth-order valence-electron chi connectivity index (χ4n) is 3.67. The molecule has 0 aromatic rings. The predicted molar refractivity (Wildman–Crippen MR) is 72.6 cm³/mol. The molecular weight excluding hydrogens is 242 g/mol. The number of hydrogen-bond acceptors (Lipinski definition) is 2. The number of carbonyl (C=O) groups is 2. The molecule has 0 spiro atoms. The molecule has 2 aliphatic carbocycles. The summed E-state index contributed by atoms with van der Waals surface area (Å²) >= 11 is 0. The first-order chi connectivity index (χ1) is 9.11. The highest BCUT2D eigenvalue weighted by molar-refractivity contribution is 5.85. The lowest BCUT2D eigenvalue weighted by Gasteiger charge is -2.30. The van der Waals surface area contributed by atoms with Crippen molar-refractivity contribution in [1.82, 2.24) is 5.32 Å². The molecule has 2 fully saturated rings. The van der Waals surface area contributed by atoms with Crippen LogP contribution in [0.3, 0.4) is 0 Å². The van der Waals surface area contributed by atoms with Crippen LogP contribution in [0.15, 0.2) is 0 Å². The maximum Gasteiger partial charge on any atom is 0.307 e. The Morgan fingerprint density at radius 3 is 2.47 bits per heavy atom. The Bertz CT molecular complexity index is 342. The van der Waals surface area contributed by atoms with Crippen molar-refractivity contribution >= 4 is 11.9 Å². The van der Waals surface area contributed by atoms with Gasteiger partial charge >= 0.3 is 5.97 Å². The van der Waals surface area contributed by atoms with Crippen LogP contribution in [-0.4, -0.2) is 23.0 Å². The topological polar surface area (TPSA) is 66.4 Å². The summed E-state index contributed by atoms with van der Waals surface area (Å²) < 4.78 is 0. The fraction of sp³-hybridized carbons (Fsp3) is 0.867. The van der Waals surface area contributed by atoms with Gasteiger partial charge in [-0.1, -0.05) is 32.6 Å². The van der Waals surface area contributed by atoms with E-state index in [0.29, 0.717) is 6.42 Å². The third-order valence-electron chi connectivity index (χ3n) is 4.88. The molecule has 0 bridgehead atoms. The van der Waals surface area contributed by atoms with Gasteiger partial charge < -0.3 is 10.4 Å². The molecule has 0 saturated heterocycles. The van der Waals surface area contributed by atoms with Crippen LogP contribution in [0.4, 0.5) is 0 Å². The molecule has 2 aliphatic rings. The van der Waals surface area contributed by atoms with Crippen molar-refractivity contribution in [3.63, 3.8) is 0 Å². The molecule has 108 valence electrons. The molecule has 0 aliphatic heterocycles. The average Bonchev–Trinajstić information content (AvgIpc) is 2.88. The van der Waals surface area contributed by atoms with Crippen molar-refractivity contribution in [2.75, 3.05) is 0 Å². The van der Waals surface area contributed by atoms with Crippen LogP contribution >= 0.6 is 0 Å². The molecule has 2 N–H and O–H groups in total. The van der Waals surface area contributed by atoms with E-state index in [9.17, 15) is 9.59 Å². The van der Waals surface area contributed by atoms with E-state index in [-0.39, 0.29) is 17.9 Å². The zero-order chi connectivity index (χ0) is 13.8. The van der Waals surface area contributed by atoms with Crippen molar-refractivity contribution in [2.24, 2.45) is 17.8 Å². The first kappa shape index (κ1) is 14.4. The van der Waals surface area contributed by atoms with Gasteiger partial charge in [-0.3, -0.25) is 9.59 Å². The van der Waals surface area contributed by atoms with E-state index in [1.807, 2.05) is 0 Å². The zero-order valence-corrected chi connectivity index (χ0v) is 11.7. The number of nitrogens with one attached hydrogen (secondary N) is 1. The van der Waals surface area contributed by atoms with Crippen molar-refractivity contribution in [2.45, 2.75) is 64.3 Å². The van der Waals surface area contributed by atoms with E-state index in [2.05, 4.69) is 12.2 Å². The number of hydrogen-bond donors (Lipinski definition) is 2. The van der Waals surface area contributed by atoms with Gasteiger partial charge in [-0.05, 0) is 31.6 Å². The third kappa shape index (κ3) is 3.48. The monoisotopic (exact) mass is 267 g/mol. The predicted octanol–water partition coefficient (Wildman–Crippen LogP) is 2.57. The van der Waals surface area contributed by atoms with Gasteiger partial charge in [-0.15, -0.1) is 0 Å². The summed E-state index contributed by atoms with van der Waals surface area (Å²) in [6.45, 7) is 2.20. The second kappa shape index (κ2) is 6.40. The number of carbonyl (C=O) groups excluding carboxylic acids is 1. The molecule has 1 amide bonds. The van der Waals surface area contributed by atoms with Crippen LogP contribution in [-0.2, 0) is 9.59 Å². The Morgan fingerprint density at radius 2 is 1.79 bits per heavy atom. The summed E-state index contributed by atoms with van der Waals surface area (Å²) in [4.78, 5) is 23.4. The van der Waals surface area contributed by atoms with Crippen LogP contribution in [0.1, 0.15) is 58.3 Å². The van der Waals surface area contributed by atoms with Gasteiger partial charge in [0, 0.05) is 6.04 Å². The number of rotatable bonds is 4. The number of carboxylic acid groups (broad SMARTS) is 1. The van der Waals surface area contributed by atoms with Crippen LogP contribution < -0.4 is 5.32 Å². The highest BCUT2D eigenvalue weighted by Crippen LogP contribution is 2.33. The minimum atomic E-state index is -0.812. The molecule has 0 aromatic heterocycles. The lowest BCUT2D eigenvalue weighted by molar-refractivity contribution is -0.146. The standard InChI is InChI=1S/C15H25NO3/c1-2-10-5-3-6-11(9-10)16-14(17)12-7-4-8-13(12)15(18)19/h10-13H,2-9H2,1H3,(H,16,17)(H,18,19)/t10?,11?,12-,13+/m1/s1. The highest BCUT2D eigenvalue weighted by atomic mass is 16.4. The normalized spacial score (nSPS) is 35.0. The maximum atomic E-state index is 12.2. The largest absolute Gasteiger partial charge is 0.481 e. The van der Waals surface area contributed by atoms with Gasteiger partial charge in [0.1, 0.15) is 0 Å². The minimum absolute atomic E-state index is 0.0216. The van der Waals surface area contributed by atoms with E-state index in [4.69, 9.17) is 5.11 Å². The molecule has 4 atom stereocenters. The summed E-state index contributed by atoms with van der Waals surface area (Å²) in [7, 11) is 0. The van der Waals surface area contributed by atoms with Gasteiger partial charge in [-0.25, -0.2) is 0 Å². The molecule has 2 unspecified atom stereocenters. The highest BCUT2D eigenvalue weighted by Gasteiger charge is 2.38. The van der Waals surface area contributed by atoms with E-state index >= 15 is 0 Å². The summed E-state index contributed by atoms with van der Waals surface area (Å²) in [5.74, 6) is -0.887. The Kier molecular flexibility index (Phi) is 4.83. The Morgan fingerprint density at radius 1 is 1.11 bits per heavy atom. The molecule has 2 rings (SSSR count). The van der Waals surface area contributed by atoms with Gasteiger partial charge in [0.2, 0.25) is 5.91 Å². The Hall–Kier alpha value is -1.06. The number of amides is 1. The summed E-state index contributed by atoms with van der Waals surface area (Å²) in [5.41, 5.74) is 0. The third-order valence-corrected chi connectivity index (χ3v) is 4.88. The smallest absolute Gasteiger partial charge is 0.307 e. The molecule has 0 aromatic carbocycles. The van der Waals surface area contributed by atoms with Crippen LogP contribution in [0.5, 0.6) is 0 Å². The van der Waals surface area contributed by atoms with E-state index in [1.165, 1.54) is 19.3 Å². The maximum absolute atomic E-state index is 12.2. The molecular formula is C15H25NO3. The molecule has 4 nitrogen and oxygen atoms in total. The average molecular weight is 267 g/mol. The Balaban J connectivity index is 1.88. The van der Waals surface area contributed by atoms with Crippen LogP contribution in [0.2, 0.25) is 0 Å². The fourth-order valence-corrected chi connectivity index (χ4v) is 3.67. The summed E-state index contributed by atoms with van der Waals surface area (Å²) in [6.07, 6.45) is 7.97. The molecule has 4 heteroatoms. The Labute approximate surface area is 115 Å². The summed E-state index contributed by atoms with van der Waals surface area (Å²) in [5, 5.41) is 12.2.